The van der Waals surface area contributed by atoms with Gasteiger partial charge in [0.25, 0.3) is 5.56 Å². The van der Waals surface area contributed by atoms with Gasteiger partial charge in [-0.05, 0) is 43.9 Å². The number of carbonyl (C=O) groups is 2. The lowest BCUT2D eigenvalue weighted by Gasteiger charge is -2.11. The molecule has 0 atom stereocenters. The molecule has 148 valence electrons. The largest absolute Gasteiger partial charge is 0.353 e. The number of amides is 2. The van der Waals surface area contributed by atoms with Crippen molar-refractivity contribution in [3.63, 3.8) is 0 Å². The third-order valence-corrected chi connectivity index (χ3v) is 5.93. The van der Waals surface area contributed by atoms with Crippen molar-refractivity contribution in [1.82, 2.24) is 15.1 Å². The van der Waals surface area contributed by atoms with Crippen molar-refractivity contribution in [2.24, 2.45) is 0 Å². The number of hydrogen-bond donors (Lipinski definition) is 2. The van der Waals surface area contributed by atoms with Gasteiger partial charge in [0.15, 0.2) is 0 Å². The van der Waals surface area contributed by atoms with Crippen LogP contribution in [0.5, 0.6) is 0 Å². The second kappa shape index (κ2) is 8.79. The van der Waals surface area contributed by atoms with E-state index < -0.39 is 5.56 Å². The van der Waals surface area contributed by atoms with Crippen LogP contribution in [0.25, 0.3) is 0 Å². The second-order valence-electron chi connectivity index (χ2n) is 6.71. The van der Waals surface area contributed by atoms with E-state index in [2.05, 4.69) is 15.7 Å². The second-order valence-corrected chi connectivity index (χ2v) is 8.11. The average molecular weight is 421 g/mol. The van der Waals surface area contributed by atoms with Gasteiger partial charge >= 0.3 is 0 Å². The van der Waals surface area contributed by atoms with E-state index in [0.717, 1.165) is 40.4 Å². The number of benzene rings is 1. The van der Waals surface area contributed by atoms with Gasteiger partial charge in [0, 0.05) is 11.7 Å². The molecule has 0 aliphatic heterocycles. The van der Waals surface area contributed by atoms with Gasteiger partial charge in [-0.25, -0.2) is 4.68 Å². The molecule has 28 heavy (non-hydrogen) atoms. The molecule has 1 aromatic heterocycles. The number of anilines is 1. The lowest BCUT2D eigenvalue weighted by molar-refractivity contribution is -0.119. The van der Waals surface area contributed by atoms with Gasteiger partial charge in [0.2, 0.25) is 11.8 Å². The summed E-state index contributed by atoms with van der Waals surface area (Å²) in [6.45, 7) is 3.62. The summed E-state index contributed by atoms with van der Waals surface area (Å²) in [6, 6.07) is 5.89. The van der Waals surface area contributed by atoms with Gasteiger partial charge < -0.3 is 10.6 Å². The van der Waals surface area contributed by atoms with Gasteiger partial charge in [-0.1, -0.05) is 23.7 Å². The first-order valence-electron chi connectivity index (χ1n) is 8.89. The van der Waals surface area contributed by atoms with Crippen LogP contribution in [0.4, 0.5) is 5.69 Å². The zero-order valence-corrected chi connectivity index (χ0v) is 17.2. The highest BCUT2D eigenvalue weighted by Crippen LogP contribution is 2.24. The fourth-order valence-electron chi connectivity index (χ4n) is 2.52. The van der Waals surface area contributed by atoms with Crippen LogP contribution in [0.1, 0.15) is 24.0 Å². The molecular formula is C19H21ClN4O3S. The van der Waals surface area contributed by atoms with E-state index in [1.54, 1.807) is 6.07 Å². The van der Waals surface area contributed by atoms with E-state index in [-0.39, 0.29) is 35.2 Å². The minimum atomic E-state index is -0.564. The lowest BCUT2D eigenvalue weighted by Crippen LogP contribution is -2.30. The molecule has 3 rings (SSSR count). The molecule has 0 spiro atoms. The molecular weight excluding hydrogens is 400 g/mol. The van der Waals surface area contributed by atoms with Crippen LogP contribution in [0, 0.1) is 13.8 Å². The fourth-order valence-corrected chi connectivity index (χ4v) is 3.53. The zero-order chi connectivity index (χ0) is 20.3. The standard InChI is InChI=1S/C19H21ClN4O3S/c1-11-4-3-5-14(12(11)2)23-16(25)9-24-19(27)18(20)15(8-21-24)28-10-17(26)22-13-6-7-13/h3-5,8,13H,6-7,9-10H2,1-2H3,(H,22,26)(H,23,25). The van der Waals surface area contributed by atoms with Crippen LogP contribution in [0.15, 0.2) is 34.1 Å². The van der Waals surface area contributed by atoms with Crippen LogP contribution in [0.2, 0.25) is 5.02 Å². The van der Waals surface area contributed by atoms with Gasteiger partial charge in [0.1, 0.15) is 11.6 Å². The van der Waals surface area contributed by atoms with Crippen LogP contribution >= 0.6 is 23.4 Å². The van der Waals surface area contributed by atoms with Crippen LogP contribution < -0.4 is 16.2 Å². The summed E-state index contributed by atoms with van der Waals surface area (Å²) in [6.07, 6.45) is 3.43. The summed E-state index contributed by atoms with van der Waals surface area (Å²) in [4.78, 5) is 36.9. The minimum Gasteiger partial charge on any atom is -0.353 e. The Hall–Kier alpha value is -2.32. The SMILES string of the molecule is Cc1cccc(NC(=O)Cn2ncc(SCC(=O)NC3CC3)c(Cl)c2=O)c1C. The van der Waals surface area contributed by atoms with E-state index in [9.17, 15) is 14.4 Å². The highest BCUT2D eigenvalue weighted by atomic mass is 35.5. The number of nitrogens with zero attached hydrogens (tertiary/aromatic N) is 2. The summed E-state index contributed by atoms with van der Waals surface area (Å²) in [7, 11) is 0. The number of halogens is 1. The Morgan fingerprint density at radius 1 is 1.29 bits per heavy atom. The first kappa shape index (κ1) is 20.4. The molecule has 2 N–H and O–H groups in total. The summed E-state index contributed by atoms with van der Waals surface area (Å²) in [5.41, 5.74) is 2.15. The van der Waals surface area contributed by atoms with Crippen molar-refractivity contribution in [1.29, 1.82) is 0 Å². The molecule has 2 aromatic rings. The minimum absolute atomic E-state index is 0.0428. The molecule has 9 heteroatoms. The average Bonchev–Trinajstić information content (AvgIpc) is 3.46. The highest BCUT2D eigenvalue weighted by molar-refractivity contribution is 8.00. The predicted octanol–water partition coefficient (Wildman–Crippen LogP) is 2.52. The molecule has 1 heterocycles. The highest BCUT2D eigenvalue weighted by Gasteiger charge is 2.23. The molecule has 1 saturated carbocycles. The first-order valence-corrected chi connectivity index (χ1v) is 10.3. The Kier molecular flexibility index (Phi) is 6.41. The van der Waals surface area contributed by atoms with E-state index in [0.29, 0.717) is 10.6 Å². The molecule has 7 nitrogen and oxygen atoms in total. The number of aromatic nitrogens is 2. The quantitative estimate of drug-likeness (QED) is 0.671. The molecule has 0 unspecified atom stereocenters. The van der Waals surface area contributed by atoms with Crippen molar-refractivity contribution >= 4 is 40.9 Å². The summed E-state index contributed by atoms with van der Waals surface area (Å²) in [5.74, 6) is -0.307. The van der Waals surface area contributed by atoms with Crippen molar-refractivity contribution in [3.05, 3.63) is 50.9 Å². The third-order valence-electron chi connectivity index (χ3n) is 4.43. The maximum atomic E-state index is 12.4. The first-order chi connectivity index (χ1) is 13.3. The summed E-state index contributed by atoms with van der Waals surface area (Å²) >= 11 is 7.28. The van der Waals surface area contributed by atoms with Crippen LogP contribution in [0.3, 0.4) is 0 Å². The molecule has 1 aliphatic carbocycles. The zero-order valence-electron chi connectivity index (χ0n) is 15.6. The number of rotatable bonds is 7. The van der Waals surface area contributed by atoms with Gasteiger partial charge in [-0.2, -0.15) is 5.10 Å². The molecule has 1 aromatic carbocycles. The fraction of sp³-hybridized carbons (Fsp3) is 0.368. The molecule has 0 saturated heterocycles. The lowest BCUT2D eigenvalue weighted by atomic mass is 10.1. The van der Waals surface area contributed by atoms with Gasteiger partial charge in [0.05, 0.1) is 16.8 Å². The smallest absolute Gasteiger partial charge is 0.287 e. The Balaban J connectivity index is 1.63. The van der Waals surface area contributed by atoms with Crippen molar-refractivity contribution in [2.45, 2.75) is 44.2 Å². The van der Waals surface area contributed by atoms with Crippen LogP contribution in [-0.4, -0.2) is 33.4 Å². The summed E-state index contributed by atoms with van der Waals surface area (Å²) in [5, 5.41) is 9.63. The number of thioether (sulfide) groups is 1. The van der Waals surface area contributed by atoms with Crippen LogP contribution in [-0.2, 0) is 16.1 Å². The van der Waals surface area contributed by atoms with Crippen molar-refractivity contribution in [3.8, 4) is 0 Å². The monoisotopic (exact) mass is 420 g/mol. The Labute approximate surface area is 171 Å². The molecule has 1 aliphatic rings. The van der Waals surface area contributed by atoms with Crippen molar-refractivity contribution < 1.29 is 9.59 Å². The van der Waals surface area contributed by atoms with Crippen molar-refractivity contribution in [2.75, 3.05) is 11.1 Å². The summed E-state index contributed by atoms with van der Waals surface area (Å²) < 4.78 is 1.01. The molecule has 0 bridgehead atoms. The molecule has 1 fully saturated rings. The van der Waals surface area contributed by atoms with Gasteiger partial charge in [-0.15, -0.1) is 11.8 Å². The maximum Gasteiger partial charge on any atom is 0.287 e. The van der Waals surface area contributed by atoms with Gasteiger partial charge in [-0.3, -0.25) is 14.4 Å². The maximum absolute atomic E-state index is 12.4. The Morgan fingerprint density at radius 3 is 2.75 bits per heavy atom. The predicted molar refractivity (Wildman–Crippen MR) is 110 cm³/mol. The third kappa shape index (κ3) is 5.14. The topological polar surface area (TPSA) is 93.1 Å². The normalized spacial score (nSPS) is 13.2. The Morgan fingerprint density at radius 2 is 2.04 bits per heavy atom. The van der Waals surface area contributed by atoms with E-state index in [1.165, 1.54) is 6.20 Å². The Bertz CT molecular complexity index is 972. The number of nitrogens with one attached hydrogen (secondary N) is 2. The number of hydrogen-bond acceptors (Lipinski definition) is 5. The number of carbonyl (C=O) groups excluding carboxylic acids is 2. The molecule has 0 radical (unpaired) electrons. The van der Waals surface area contributed by atoms with E-state index in [4.69, 9.17) is 11.6 Å². The van der Waals surface area contributed by atoms with E-state index >= 15 is 0 Å². The van der Waals surface area contributed by atoms with E-state index in [1.807, 2.05) is 26.0 Å². The molecule has 2 amide bonds. The number of aryl methyl sites for hydroxylation is 1.